The first-order valence-electron chi connectivity index (χ1n) is 8.20. The largest absolute Gasteiger partial charge is 0.478 e. The summed E-state index contributed by atoms with van der Waals surface area (Å²) in [4.78, 5) is 22.7. The van der Waals surface area contributed by atoms with Gasteiger partial charge in [0.05, 0.1) is 11.1 Å². The Morgan fingerprint density at radius 3 is 1.42 bits per heavy atom. The van der Waals surface area contributed by atoms with Crippen LogP contribution in [0, 0.1) is 0 Å². The Bertz CT molecular complexity index is 697. The molecule has 126 valence electrons. The van der Waals surface area contributed by atoms with E-state index in [1.54, 1.807) is 24.3 Å². The highest BCUT2D eigenvalue weighted by atomic mass is 16.4. The molecule has 0 heterocycles. The zero-order valence-electron chi connectivity index (χ0n) is 14.0. The van der Waals surface area contributed by atoms with Crippen LogP contribution in [0.5, 0.6) is 0 Å². The van der Waals surface area contributed by atoms with Crippen molar-refractivity contribution in [1.29, 1.82) is 0 Å². The lowest BCUT2D eigenvalue weighted by molar-refractivity contribution is 0.0684. The summed E-state index contributed by atoms with van der Waals surface area (Å²) in [5.74, 6) is -1.84. The normalized spacial score (nSPS) is 10.6. The molecule has 0 saturated carbocycles. The Hall–Kier alpha value is -2.62. The maximum atomic E-state index is 11.3. The molecule has 0 atom stereocenters. The fraction of sp³-hybridized carbons (Fsp3) is 0.300. The SMILES string of the molecule is CCCc1cc(-c2ccc(C(=O)O)c(CCC)c2)ccc1C(=O)O. The van der Waals surface area contributed by atoms with Gasteiger partial charge in [-0.3, -0.25) is 0 Å². The second kappa shape index (κ2) is 7.77. The van der Waals surface area contributed by atoms with Crippen LogP contribution in [0.4, 0.5) is 0 Å². The molecule has 0 amide bonds. The third-order valence-corrected chi connectivity index (χ3v) is 4.04. The molecule has 2 N–H and O–H groups in total. The first kappa shape index (κ1) is 17.7. The molecule has 0 unspecified atom stereocenters. The van der Waals surface area contributed by atoms with Crippen LogP contribution in [0.2, 0.25) is 0 Å². The molecule has 24 heavy (non-hydrogen) atoms. The van der Waals surface area contributed by atoms with Gasteiger partial charge in [0.1, 0.15) is 0 Å². The molecule has 0 spiro atoms. The van der Waals surface area contributed by atoms with Crippen LogP contribution in [-0.4, -0.2) is 22.2 Å². The maximum absolute atomic E-state index is 11.3. The molecule has 0 aliphatic carbocycles. The van der Waals surface area contributed by atoms with Crippen LogP contribution >= 0.6 is 0 Å². The lowest BCUT2D eigenvalue weighted by atomic mass is 9.93. The second-order valence-corrected chi connectivity index (χ2v) is 5.85. The van der Waals surface area contributed by atoms with Crippen molar-refractivity contribution >= 4 is 11.9 Å². The van der Waals surface area contributed by atoms with E-state index in [4.69, 9.17) is 0 Å². The first-order valence-corrected chi connectivity index (χ1v) is 8.20. The summed E-state index contributed by atoms with van der Waals surface area (Å²) in [6.45, 7) is 4.03. The Morgan fingerprint density at radius 2 is 1.12 bits per heavy atom. The molecule has 0 aliphatic rings. The number of aryl methyl sites for hydroxylation is 2. The molecule has 2 aromatic carbocycles. The molecule has 0 aromatic heterocycles. The molecule has 4 nitrogen and oxygen atoms in total. The van der Waals surface area contributed by atoms with Crippen LogP contribution < -0.4 is 0 Å². The second-order valence-electron chi connectivity index (χ2n) is 5.85. The number of carboxylic acids is 2. The van der Waals surface area contributed by atoms with Crippen molar-refractivity contribution in [3.05, 3.63) is 58.7 Å². The number of carboxylic acid groups (broad SMARTS) is 2. The van der Waals surface area contributed by atoms with Gasteiger partial charge < -0.3 is 10.2 Å². The molecule has 2 aromatic rings. The van der Waals surface area contributed by atoms with Crippen molar-refractivity contribution in [2.45, 2.75) is 39.5 Å². The van der Waals surface area contributed by atoms with Crippen molar-refractivity contribution in [3.8, 4) is 11.1 Å². The van der Waals surface area contributed by atoms with Crippen molar-refractivity contribution in [2.24, 2.45) is 0 Å². The quantitative estimate of drug-likeness (QED) is 0.776. The van der Waals surface area contributed by atoms with Gasteiger partial charge in [-0.15, -0.1) is 0 Å². The fourth-order valence-electron chi connectivity index (χ4n) is 2.92. The summed E-state index contributed by atoms with van der Waals surface area (Å²) in [6, 6.07) is 10.6. The summed E-state index contributed by atoms with van der Waals surface area (Å²) in [7, 11) is 0. The van der Waals surface area contributed by atoms with Crippen LogP contribution in [0.3, 0.4) is 0 Å². The van der Waals surface area contributed by atoms with E-state index >= 15 is 0 Å². The molecule has 0 saturated heterocycles. The van der Waals surface area contributed by atoms with Crippen molar-refractivity contribution in [3.63, 3.8) is 0 Å². The minimum Gasteiger partial charge on any atom is -0.478 e. The average Bonchev–Trinajstić information content (AvgIpc) is 2.55. The average molecular weight is 326 g/mol. The van der Waals surface area contributed by atoms with Crippen LogP contribution in [-0.2, 0) is 12.8 Å². The summed E-state index contributed by atoms with van der Waals surface area (Å²) in [5, 5.41) is 18.6. The number of hydrogen-bond acceptors (Lipinski definition) is 2. The van der Waals surface area contributed by atoms with E-state index in [0.717, 1.165) is 35.1 Å². The van der Waals surface area contributed by atoms with E-state index < -0.39 is 11.9 Å². The van der Waals surface area contributed by atoms with E-state index in [1.165, 1.54) is 0 Å². The van der Waals surface area contributed by atoms with Gasteiger partial charge in [-0.05, 0) is 47.2 Å². The predicted octanol–water partition coefficient (Wildman–Crippen LogP) is 4.66. The lowest BCUT2D eigenvalue weighted by Crippen LogP contribution is -2.04. The Kier molecular flexibility index (Phi) is 5.74. The standard InChI is InChI=1S/C20H22O4/c1-3-5-15-11-13(7-9-17(15)19(21)22)14-8-10-18(20(23)24)16(12-14)6-4-2/h7-12H,3-6H2,1-2H3,(H,21,22)(H,23,24). The summed E-state index contributed by atoms with van der Waals surface area (Å²) in [6.07, 6.45) is 3.13. The van der Waals surface area contributed by atoms with E-state index in [1.807, 2.05) is 26.0 Å². The highest BCUT2D eigenvalue weighted by molar-refractivity contribution is 5.92. The third-order valence-electron chi connectivity index (χ3n) is 4.04. The van der Waals surface area contributed by atoms with Crippen molar-refractivity contribution in [2.75, 3.05) is 0 Å². The Labute approximate surface area is 141 Å². The van der Waals surface area contributed by atoms with Crippen LogP contribution in [0.1, 0.15) is 58.5 Å². The molecule has 2 rings (SSSR count). The predicted molar refractivity (Wildman–Crippen MR) is 93.8 cm³/mol. The number of aromatic carboxylic acids is 2. The minimum absolute atomic E-state index is 0.330. The Balaban J connectivity index is 2.51. The van der Waals surface area contributed by atoms with Crippen LogP contribution in [0.15, 0.2) is 36.4 Å². The van der Waals surface area contributed by atoms with E-state index in [9.17, 15) is 19.8 Å². The van der Waals surface area contributed by atoms with Crippen molar-refractivity contribution in [1.82, 2.24) is 0 Å². The summed E-state index contributed by atoms with van der Waals surface area (Å²) in [5.41, 5.74) is 4.10. The summed E-state index contributed by atoms with van der Waals surface area (Å²) < 4.78 is 0. The maximum Gasteiger partial charge on any atom is 0.335 e. The molecule has 0 aliphatic heterocycles. The van der Waals surface area contributed by atoms with E-state index in [0.29, 0.717) is 24.0 Å². The molecule has 0 bridgehead atoms. The molecule has 0 fully saturated rings. The highest BCUT2D eigenvalue weighted by Crippen LogP contribution is 2.26. The zero-order valence-corrected chi connectivity index (χ0v) is 14.0. The first-order chi connectivity index (χ1) is 11.5. The lowest BCUT2D eigenvalue weighted by Gasteiger charge is -2.11. The van der Waals surface area contributed by atoms with Crippen LogP contribution in [0.25, 0.3) is 11.1 Å². The fourth-order valence-corrected chi connectivity index (χ4v) is 2.92. The third kappa shape index (κ3) is 3.82. The monoisotopic (exact) mass is 326 g/mol. The van der Waals surface area contributed by atoms with Gasteiger partial charge >= 0.3 is 11.9 Å². The summed E-state index contributed by atoms with van der Waals surface area (Å²) >= 11 is 0. The van der Waals surface area contributed by atoms with Gasteiger partial charge in [0.15, 0.2) is 0 Å². The molecule has 4 heteroatoms. The van der Waals surface area contributed by atoms with Crippen molar-refractivity contribution < 1.29 is 19.8 Å². The van der Waals surface area contributed by atoms with Gasteiger partial charge in [0, 0.05) is 0 Å². The van der Waals surface area contributed by atoms with Gasteiger partial charge in [0.25, 0.3) is 0 Å². The van der Waals surface area contributed by atoms with Gasteiger partial charge in [-0.1, -0.05) is 51.0 Å². The smallest absolute Gasteiger partial charge is 0.335 e. The number of benzene rings is 2. The minimum atomic E-state index is -0.919. The van der Waals surface area contributed by atoms with Gasteiger partial charge in [-0.2, -0.15) is 0 Å². The number of rotatable bonds is 7. The molecular formula is C20H22O4. The molecule has 0 radical (unpaired) electrons. The van der Waals surface area contributed by atoms with Gasteiger partial charge in [0.2, 0.25) is 0 Å². The molecular weight excluding hydrogens is 304 g/mol. The van der Waals surface area contributed by atoms with E-state index in [2.05, 4.69) is 0 Å². The Morgan fingerprint density at radius 1 is 0.750 bits per heavy atom. The number of hydrogen-bond donors (Lipinski definition) is 2. The zero-order chi connectivity index (χ0) is 17.7. The highest BCUT2D eigenvalue weighted by Gasteiger charge is 2.14. The van der Waals surface area contributed by atoms with Gasteiger partial charge in [-0.25, -0.2) is 9.59 Å². The van der Waals surface area contributed by atoms with E-state index in [-0.39, 0.29) is 0 Å². The number of carbonyl (C=O) groups is 2. The topological polar surface area (TPSA) is 74.6 Å².